The minimum absolute atomic E-state index is 0.121. The van der Waals surface area contributed by atoms with Crippen LogP contribution in [0.15, 0.2) is 23.1 Å². The molecule has 1 fully saturated rings. The van der Waals surface area contributed by atoms with E-state index in [2.05, 4.69) is 25.8 Å². The van der Waals surface area contributed by atoms with Crippen LogP contribution in [0.5, 0.6) is 0 Å². The van der Waals surface area contributed by atoms with Crippen LogP contribution in [0.1, 0.15) is 30.6 Å². The van der Waals surface area contributed by atoms with Crippen molar-refractivity contribution in [3.8, 4) is 0 Å². The fraction of sp³-hybridized carbons (Fsp3) is 0.389. The molecule has 148 valence electrons. The van der Waals surface area contributed by atoms with Crippen LogP contribution in [0.2, 0.25) is 0 Å². The number of hydrogen-bond donors (Lipinski definition) is 3. The van der Waals surface area contributed by atoms with Gasteiger partial charge in [0, 0.05) is 24.7 Å². The van der Waals surface area contributed by atoms with Crippen LogP contribution >= 0.6 is 0 Å². The standard InChI is InChI=1S/C18H22N6O3S/c1-11-10-19-7-4-8-24(11)28(26,27)15-6-3-5-14-17(15)13(18(25)21-14)9-16-20-12(2)22-23-16/h3,5-6,9,11,19H,4,7-8,10H2,1-2H3,(H,21,25)(H,20,22,23). The summed E-state index contributed by atoms with van der Waals surface area (Å²) in [5.74, 6) is 0.568. The number of amides is 1. The lowest BCUT2D eigenvalue weighted by Crippen LogP contribution is -2.41. The smallest absolute Gasteiger partial charge is 0.256 e. The molecule has 0 radical (unpaired) electrons. The summed E-state index contributed by atoms with van der Waals surface area (Å²) in [4.78, 5) is 16.9. The second-order valence-electron chi connectivity index (χ2n) is 6.99. The molecule has 0 aliphatic carbocycles. The minimum Gasteiger partial charge on any atom is -0.321 e. The van der Waals surface area contributed by atoms with Crippen LogP contribution in [0.4, 0.5) is 5.69 Å². The zero-order valence-electron chi connectivity index (χ0n) is 15.7. The Morgan fingerprint density at radius 1 is 1.32 bits per heavy atom. The van der Waals surface area contributed by atoms with Gasteiger partial charge in [-0.05, 0) is 45.0 Å². The summed E-state index contributed by atoms with van der Waals surface area (Å²) in [5.41, 5.74) is 1.10. The molecule has 28 heavy (non-hydrogen) atoms. The summed E-state index contributed by atoms with van der Waals surface area (Å²) in [7, 11) is -3.79. The number of nitrogens with zero attached hydrogens (tertiary/aromatic N) is 3. The van der Waals surface area contributed by atoms with Crippen molar-refractivity contribution in [2.75, 3.05) is 25.0 Å². The third-order valence-corrected chi connectivity index (χ3v) is 6.98. The van der Waals surface area contributed by atoms with Crippen molar-refractivity contribution in [3.63, 3.8) is 0 Å². The molecule has 0 saturated carbocycles. The number of aromatic amines is 1. The van der Waals surface area contributed by atoms with E-state index < -0.39 is 10.0 Å². The summed E-state index contributed by atoms with van der Waals surface area (Å²) in [6, 6.07) is 4.71. The van der Waals surface area contributed by atoms with Gasteiger partial charge < -0.3 is 10.6 Å². The van der Waals surface area contributed by atoms with Gasteiger partial charge >= 0.3 is 0 Å². The maximum atomic E-state index is 13.5. The topological polar surface area (TPSA) is 120 Å². The second-order valence-corrected chi connectivity index (χ2v) is 8.85. The number of sulfonamides is 1. The third-order valence-electron chi connectivity index (χ3n) is 4.93. The Balaban J connectivity index is 1.84. The molecule has 2 aromatic rings. The SMILES string of the molecule is Cc1nc(C=C2C(=O)Nc3cccc(S(=O)(=O)N4CCCNCC4C)c32)n[nH]1. The van der Waals surface area contributed by atoms with Crippen LogP contribution in [-0.2, 0) is 14.8 Å². The van der Waals surface area contributed by atoms with Gasteiger partial charge in [0.1, 0.15) is 5.82 Å². The average molecular weight is 402 g/mol. The normalized spacial score (nSPS) is 22.1. The van der Waals surface area contributed by atoms with Gasteiger partial charge in [-0.25, -0.2) is 13.4 Å². The summed E-state index contributed by atoms with van der Waals surface area (Å²) in [5, 5.41) is 12.7. The van der Waals surface area contributed by atoms with Crippen LogP contribution in [0.25, 0.3) is 11.6 Å². The molecule has 9 nitrogen and oxygen atoms in total. The Kier molecular flexibility index (Phi) is 4.77. The maximum absolute atomic E-state index is 13.5. The van der Waals surface area contributed by atoms with Gasteiger partial charge in [-0.2, -0.15) is 9.40 Å². The van der Waals surface area contributed by atoms with E-state index in [1.54, 1.807) is 25.1 Å². The number of H-pyrrole nitrogens is 1. The molecule has 1 saturated heterocycles. The highest BCUT2D eigenvalue weighted by Gasteiger charge is 2.36. The van der Waals surface area contributed by atoms with Crippen LogP contribution in [0.3, 0.4) is 0 Å². The first-order valence-corrected chi connectivity index (χ1v) is 10.6. The van der Waals surface area contributed by atoms with Crippen molar-refractivity contribution in [2.24, 2.45) is 0 Å². The number of rotatable bonds is 3. The van der Waals surface area contributed by atoms with Crippen molar-refractivity contribution >= 4 is 33.3 Å². The first-order valence-electron chi connectivity index (χ1n) is 9.16. The first-order chi connectivity index (χ1) is 13.4. The van der Waals surface area contributed by atoms with Crippen molar-refractivity contribution < 1.29 is 13.2 Å². The monoisotopic (exact) mass is 402 g/mol. The fourth-order valence-electron chi connectivity index (χ4n) is 3.60. The number of carbonyl (C=O) groups excluding carboxylic acids is 1. The van der Waals surface area contributed by atoms with E-state index >= 15 is 0 Å². The van der Waals surface area contributed by atoms with E-state index in [1.165, 1.54) is 10.4 Å². The molecule has 2 aliphatic rings. The van der Waals surface area contributed by atoms with Gasteiger partial charge in [0.25, 0.3) is 5.91 Å². The predicted octanol–water partition coefficient (Wildman–Crippen LogP) is 0.978. The van der Waals surface area contributed by atoms with E-state index in [9.17, 15) is 13.2 Å². The minimum atomic E-state index is -3.79. The van der Waals surface area contributed by atoms with E-state index in [4.69, 9.17) is 0 Å². The molecule has 1 aromatic heterocycles. The highest BCUT2D eigenvalue weighted by molar-refractivity contribution is 7.89. The summed E-state index contributed by atoms with van der Waals surface area (Å²) < 4.78 is 28.5. The molecule has 10 heteroatoms. The lowest BCUT2D eigenvalue weighted by atomic mass is 10.1. The van der Waals surface area contributed by atoms with E-state index in [1.807, 2.05) is 6.92 Å². The fourth-order valence-corrected chi connectivity index (χ4v) is 5.50. The van der Waals surface area contributed by atoms with Gasteiger partial charge in [0.15, 0.2) is 5.82 Å². The Labute approximate surface area is 163 Å². The molecule has 3 heterocycles. The maximum Gasteiger partial charge on any atom is 0.256 e. The van der Waals surface area contributed by atoms with Crippen molar-refractivity contribution in [1.29, 1.82) is 0 Å². The zero-order valence-corrected chi connectivity index (χ0v) is 16.5. The summed E-state index contributed by atoms with van der Waals surface area (Å²) in [6.45, 7) is 5.43. The molecule has 1 atom stereocenters. The third kappa shape index (κ3) is 3.23. The van der Waals surface area contributed by atoms with Crippen LogP contribution in [0, 0.1) is 6.92 Å². The number of nitrogens with one attached hydrogen (secondary N) is 3. The Hall–Kier alpha value is -2.56. The van der Waals surface area contributed by atoms with E-state index in [-0.39, 0.29) is 22.4 Å². The molecule has 0 spiro atoms. The molecular formula is C18H22N6O3S. The lowest BCUT2D eigenvalue weighted by molar-refractivity contribution is -0.110. The number of benzene rings is 1. The molecule has 2 aliphatic heterocycles. The predicted molar refractivity (Wildman–Crippen MR) is 105 cm³/mol. The molecule has 3 N–H and O–H groups in total. The number of anilines is 1. The molecule has 4 rings (SSSR count). The first kappa shape index (κ1) is 18.8. The summed E-state index contributed by atoms with van der Waals surface area (Å²) in [6.07, 6.45) is 2.24. The number of hydrogen-bond acceptors (Lipinski definition) is 6. The number of aromatic nitrogens is 3. The number of carbonyl (C=O) groups is 1. The van der Waals surface area contributed by atoms with Gasteiger partial charge in [-0.1, -0.05) is 6.07 Å². The largest absolute Gasteiger partial charge is 0.321 e. The molecule has 0 bridgehead atoms. The van der Waals surface area contributed by atoms with Crippen molar-refractivity contribution in [1.82, 2.24) is 24.8 Å². The van der Waals surface area contributed by atoms with Gasteiger partial charge in [-0.3, -0.25) is 9.89 Å². The Bertz CT molecular complexity index is 1060. The van der Waals surface area contributed by atoms with E-state index in [0.29, 0.717) is 36.0 Å². The van der Waals surface area contributed by atoms with Crippen molar-refractivity contribution in [2.45, 2.75) is 31.2 Å². The van der Waals surface area contributed by atoms with Gasteiger partial charge in [0.05, 0.1) is 16.2 Å². The number of fused-ring (bicyclic) bond motifs is 1. The van der Waals surface area contributed by atoms with Crippen LogP contribution in [-0.4, -0.2) is 59.5 Å². The number of aryl methyl sites for hydroxylation is 1. The highest BCUT2D eigenvalue weighted by atomic mass is 32.2. The lowest BCUT2D eigenvalue weighted by Gasteiger charge is -2.26. The van der Waals surface area contributed by atoms with E-state index in [0.717, 1.165) is 13.0 Å². The quantitative estimate of drug-likeness (QED) is 0.658. The van der Waals surface area contributed by atoms with Crippen molar-refractivity contribution in [3.05, 3.63) is 35.4 Å². The zero-order chi connectivity index (χ0) is 19.9. The Morgan fingerprint density at radius 2 is 2.14 bits per heavy atom. The van der Waals surface area contributed by atoms with Crippen LogP contribution < -0.4 is 10.6 Å². The van der Waals surface area contributed by atoms with Gasteiger partial charge in [0.2, 0.25) is 10.0 Å². The summed E-state index contributed by atoms with van der Waals surface area (Å²) >= 11 is 0. The van der Waals surface area contributed by atoms with Gasteiger partial charge in [-0.15, -0.1) is 0 Å². The molecule has 1 amide bonds. The molecule has 1 aromatic carbocycles. The average Bonchev–Trinajstić information content (AvgIpc) is 3.11. The second kappa shape index (κ2) is 7.12. The molecule has 1 unspecified atom stereocenters. The Morgan fingerprint density at radius 3 is 2.89 bits per heavy atom. The molecular weight excluding hydrogens is 380 g/mol. The highest BCUT2D eigenvalue weighted by Crippen LogP contribution is 2.39.